The minimum Gasteiger partial charge on any atom is -0.496 e. The summed E-state index contributed by atoms with van der Waals surface area (Å²) in [5.41, 5.74) is 3.15. The highest BCUT2D eigenvalue weighted by Gasteiger charge is 2.10. The second kappa shape index (κ2) is 5.57. The molecule has 1 heterocycles. The van der Waals surface area contributed by atoms with Gasteiger partial charge in [-0.05, 0) is 29.7 Å². The number of ether oxygens (including phenoxy) is 1. The lowest BCUT2D eigenvalue weighted by Crippen LogP contribution is -1.95. The van der Waals surface area contributed by atoms with Crippen molar-refractivity contribution in [3.05, 3.63) is 35.8 Å². The van der Waals surface area contributed by atoms with E-state index in [1.165, 1.54) is 0 Å². The van der Waals surface area contributed by atoms with Crippen LogP contribution in [0.1, 0.15) is 31.2 Å². The zero-order chi connectivity index (χ0) is 13.8. The second-order valence-electron chi connectivity index (χ2n) is 4.69. The third-order valence-electron chi connectivity index (χ3n) is 3.04. The highest BCUT2D eigenvalue weighted by Crippen LogP contribution is 2.30. The van der Waals surface area contributed by atoms with E-state index in [2.05, 4.69) is 36.0 Å². The molecule has 0 radical (unpaired) electrons. The number of nitrogens with zero attached hydrogens (tertiary/aromatic N) is 2. The Morgan fingerprint density at radius 1 is 1.42 bits per heavy atom. The molecule has 0 fully saturated rings. The van der Waals surface area contributed by atoms with Crippen LogP contribution in [0.25, 0.3) is 11.3 Å². The molecule has 1 N–H and O–H groups in total. The minimum absolute atomic E-state index is 0.299. The maximum atomic E-state index is 8.66. The number of rotatable bonds is 4. The van der Waals surface area contributed by atoms with E-state index in [1.807, 2.05) is 12.1 Å². The molecule has 19 heavy (non-hydrogen) atoms. The monoisotopic (exact) mass is 255 g/mol. The molecule has 0 unspecified atom stereocenters. The Kier molecular flexibility index (Phi) is 3.86. The van der Waals surface area contributed by atoms with Crippen LogP contribution < -0.4 is 4.74 Å². The van der Waals surface area contributed by atoms with Crippen LogP contribution in [-0.4, -0.2) is 17.1 Å². The SMILES string of the molecule is COc1ccc(-c2cnc(CC#N)[nH]2)cc1C(C)C. The zero-order valence-corrected chi connectivity index (χ0v) is 11.4. The summed E-state index contributed by atoms with van der Waals surface area (Å²) in [6.07, 6.45) is 2.06. The molecule has 1 aromatic heterocycles. The molecule has 0 aliphatic carbocycles. The van der Waals surface area contributed by atoms with Crippen molar-refractivity contribution in [1.82, 2.24) is 9.97 Å². The average Bonchev–Trinajstić information content (AvgIpc) is 2.87. The second-order valence-corrected chi connectivity index (χ2v) is 4.69. The maximum Gasteiger partial charge on any atom is 0.122 e. The summed E-state index contributed by atoms with van der Waals surface area (Å²) >= 11 is 0. The quantitative estimate of drug-likeness (QED) is 0.912. The molecule has 1 aromatic carbocycles. The van der Waals surface area contributed by atoms with Gasteiger partial charge in [0.1, 0.15) is 11.6 Å². The number of benzene rings is 1. The van der Waals surface area contributed by atoms with E-state index < -0.39 is 0 Å². The fraction of sp³-hybridized carbons (Fsp3) is 0.333. The van der Waals surface area contributed by atoms with Crippen molar-refractivity contribution in [3.8, 4) is 23.1 Å². The highest BCUT2D eigenvalue weighted by molar-refractivity contribution is 5.62. The van der Waals surface area contributed by atoms with Gasteiger partial charge in [0.05, 0.1) is 31.5 Å². The third-order valence-corrected chi connectivity index (χ3v) is 3.04. The smallest absolute Gasteiger partial charge is 0.122 e. The predicted octanol–water partition coefficient (Wildman–Crippen LogP) is 3.27. The molecule has 0 aliphatic rings. The standard InChI is InChI=1S/C15H17N3O/c1-10(2)12-8-11(4-5-14(12)19-3)13-9-17-15(18-13)6-7-16/h4-5,8-10H,6H2,1-3H3,(H,17,18). The first-order valence-corrected chi connectivity index (χ1v) is 6.24. The molecule has 0 spiro atoms. The van der Waals surface area contributed by atoms with Gasteiger partial charge in [-0.15, -0.1) is 0 Å². The lowest BCUT2D eigenvalue weighted by molar-refractivity contribution is 0.407. The van der Waals surface area contributed by atoms with Crippen molar-refractivity contribution in [1.29, 1.82) is 5.26 Å². The number of hydrogen-bond donors (Lipinski definition) is 1. The van der Waals surface area contributed by atoms with Gasteiger partial charge in [0.15, 0.2) is 0 Å². The zero-order valence-electron chi connectivity index (χ0n) is 11.4. The Morgan fingerprint density at radius 3 is 2.84 bits per heavy atom. The van der Waals surface area contributed by atoms with Crippen molar-refractivity contribution in [2.45, 2.75) is 26.2 Å². The van der Waals surface area contributed by atoms with Crippen LogP contribution in [0, 0.1) is 11.3 Å². The van der Waals surface area contributed by atoms with Crippen molar-refractivity contribution in [2.75, 3.05) is 7.11 Å². The number of aromatic nitrogens is 2. The summed E-state index contributed by atoms with van der Waals surface area (Å²) in [5, 5.41) is 8.66. The predicted molar refractivity (Wildman–Crippen MR) is 74.0 cm³/mol. The highest BCUT2D eigenvalue weighted by atomic mass is 16.5. The Morgan fingerprint density at radius 2 is 2.21 bits per heavy atom. The Bertz CT molecular complexity index is 608. The fourth-order valence-corrected chi connectivity index (χ4v) is 2.03. The van der Waals surface area contributed by atoms with Gasteiger partial charge in [0, 0.05) is 5.56 Å². The molecule has 0 saturated carbocycles. The number of aromatic amines is 1. The van der Waals surface area contributed by atoms with Crippen LogP contribution in [-0.2, 0) is 6.42 Å². The summed E-state index contributed by atoms with van der Waals surface area (Å²) in [5.74, 6) is 1.98. The fourth-order valence-electron chi connectivity index (χ4n) is 2.03. The van der Waals surface area contributed by atoms with Crippen LogP contribution in [0.15, 0.2) is 24.4 Å². The molecular formula is C15H17N3O. The summed E-state index contributed by atoms with van der Waals surface area (Å²) in [4.78, 5) is 7.35. The van der Waals surface area contributed by atoms with Crippen molar-refractivity contribution < 1.29 is 4.74 Å². The first kappa shape index (κ1) is 13.2. The molecule has 0 atom stereocenters. The summed E-state index contributed by atoms with van der Waals surface area (Å²) in [6, 6.07) is 8.15. The van der Waals surface area contributed by atoms with Gasteiger partial charge < -0.3 is 9.72 Å². The lowest BCUT2D eigenvalue weighted by Gasteiger charge is -2.13. The van der Waals surface area contributed by atoms with E-state index in [9.17, 15) is 0 Å². The van der Waals surface area contributed by atoms with Gasteiger partial charge in [0.2, 0.25) is 0 Å². The first-order chi connectivity index (χ1) is 9.15. The van der Waals surface area contributed by atoms with Crippen molar-refractivity contribution in [2.24, 2.45) is 0 Å². The number of H-pyrrole nitrogens is 1. The number of imidazole rings is 1. The average molecular weight is 255 g/mol. The molecule has 2 rings (SSSR count). The van der Waals surface area contributed by atoms with E-state index in [-0.39, 0.29) is 0 Å². The molecule has 4 nitrogen and oxygen atoms in total. The van der Waals surface area contributed by atoms with Gasteiger partial charge in [-0.3, -0.25) is 0 Å². The Hall–Kier alpha value is -2.28. The number of methoxy groups -OCH3 is 1. The van der Waals surface area contributed by atoms with Gasteiger partial charge in [-0.25, -0.2) is 4.98 Å². The van der Waals surface area contributed by atoms with Crippen LogP contribution in [0.5, 0.6) is 5.75 Å². The minimum atomic E-state index is 0.299. The third kappa shape index (κ3) is 2.76. The van der Waals surface area contributed by atoms with Gasteiger partial charge in [0.25, 0.3) is 0 Å². The molecule has 0 amide bonds. The number of nitriles is 1. The molecule has 0 bridgehead atoms. The summed E-state index contributed by atoms with van der Waals surface area (Å²) in [6.45, 7) is 4.27. The van der Waals surface area contributed by atoms with E-state index >= 15 is 0 Å². The molecule has 2 aromatic rings. The van der Waals surface area contributed by atoms with Gasteiger partial charge in [-0.2, -0.15) is 5.26 Å². The van der Waals surface area contributed by atoms with Crippen LogP contribution in [0.2, 0.25) is 0 Å². The molecule has 4 heteroatoms. The van der Waals surface area contributed by atoms with E-state index in [0.29, 0.717) is 18.2 Å². The molecular weight excluding hydrogens is 238 g/mol. The summed E-state index contributed by atoms with van der Waals surface area (Å²) in [7, 11) is 1.68. The van der Waals surface area contributed by atoms with Crippen LogP contribution in [0.4, 0.5) is 0 Å². The molecule has 98 valence electrons. The normalized spacial score (nSPS) is 10.5. The van der Waals surface area contributed by atoms with Crippen LogP contribution in [0.3, 0.4) is 0 Å². The molecule has 0 saturated heterocycles. The Labute approximate surface area is 113 Å². The van der Waals surface area contributed by atoms with Crippen molar-refractivity contribution in [3.63, 3.8) is 0 Å². The first-order valence-electron chi connectivity index (χ1n) is 6.24. The largest absolute Gasteiger partial charge is 0.496 e. The Balaban J connectivity index is 2.39. The molecule has 0 aliphatic heterocycles. The summed E-state index contributed by atoms with van der Waals surface area (Å²) < 4.78 is 5.37. The van der Waals surface area contributed by atoms with E-state index in [0.717, 1.165) is 22.6 Å². The van der Waals surface area contributed by atoms with Gasteiger partial charge >= 0.3 is 0 Å². The maximum absolute atomic E-state index is 8.66. The van der Waals surface area contributed by atoms with Gasteiger partial charge in [-0.1, -0.05) is 13.8 Å². The number of hydrogen-bond acceptors (Lipinski definition) is 3. The lowest BCUT2D eigenvalue weighted by atomic mass is 9.98. The topological polar surface area (TPSA) is 61.7 Å². The van der Waals surface area contributed by atoms with E-state index in [1.54, 1.807) is 13.3 Å². The van der Waals surface area contributed by atoms with Crippen molar-refractivity contribution >= 4 is 0 Å². The van der Waals surface area contributed by atoms with E-state index in [4.69, 9.17) is 10.00 Å². The van der Waals surface area contributed by atoms with Crippen LogP contribution >= 0.6 is 0 Å². The number of nitrogens with one attached hydrogen (secondary N) is 1.